The number of hydrogen-bond donors (Lipinski definition) is 3. The van der Waals surface area contributed by atoms with Crippen molar-refractivity contribution in [3.63, 3.8) is 0 Å². The molecule has 0 saturated carbocycles. The maximum atomic E-state index is 12.8. The molecule has 0 aromatic heterocycles. The van der Waals surface area contributed by atoms with Gasteiger partial charge in [-0.2, -0.15) is 0 Å². The smallest absolute Gasteiger partial charge is 0.251 e. The minimum Gasteiger partial charge on any atom is -0.340 e. The predicted molar refractivity (Wildman–Crippen MR) is 120 cm³/mol. The Morgan fingerprint density at radius 1 is 1.07 bits per heavy atom. The number of benzene rings is 2. The van der Waals surface area contributed by atoms with Crippen LogP contribution in [0.2, 0.25) is 5.02 Å². The van der Waals surface area contributed by atoms with E-state index in [4.69, 9.17) is 11.6 Å². The maximum absolute atomic E-state index is 12.8. The summed E-state index contributed by atoms with van der Waals surface area (Å²) in [6, 6.07) is 10.5. The average Bonchev–Trinajstić information content (AvgIpc) is 2.68. The van der Waals surface area contributed by atoms with Crippen LogP contribution in [0.15, 0.2) is 42.5 Å². The van der Waals surface area contributed by atoms with Gasteiger partial charge in [0.05, 0.1) is 11.4 Å². The van der Waals surface area contributed by atoms with E-state index in [0.717, 1.165) is 0 Å². The number of carbonyl (C=O) groups is 2. The largest absolute Gasteiger partial charge is 0.340 e. The lowest BCUT2D eigenvalue weighted by molar-refractivity contribution is -0.118. The molecule has 2 amide bonds. The highest BCUT2D eigenvalue weighted by Crippen LogP contribution is 2.21. The fourth-order valence-corrected chi connectivity index (χ4v) is 3.51. The molecule has 2 aromatic carbocycles. The standard InChI is InChI=1S/C21H26ClN3O4S/c1-5-30(28,29)25-18-11-10-17(12-14(18)4)23-21(27)19(13(2)3)24-20(26)15-6-8-16(22)9-7-15/h6-13,19,25H,5H2,1-4H3,(H,23,27)(H,24,26). The predicted octanol–water partition coefficient (Wildman–Crippen LogP) is 3.80. The summed E-state index contributed by atoms with van der Waals surface area (Å²) in [5.41, 5.74) is 2.02. The van der Waals surface area contributed by atoms with Gasteiger partial charge in [0.15, 0.2) is 0 Å². The van der Waals surface area contributed by atoms with E-state index in [1.807, 2.05) is 13.8 Å². The van der Waals surface area contributed by atoms with Crippen molar-refractivity contribution in [2.45, 2.75) is 33.7 Å². The van der Waals surface area contributed by atoms with Crippen LogP contribution in [-0.2, 0) is 14.8 Å². The summed E-state index contributed by atoms with van der Waals surface area (Å²) in [5.74, 6) is -0.929. The summed E-state index contributed by atoms with van der Waals surface area (Å²) in [6.07, 6.45) is 0. The number of sulfonamides is 1. The van der Waals surface area contributed by atoms with E-state index < -0.39 is 16.1 Å². The Labute approximate surface area is 182 Å². The van der Waals surface area contributed by atoms with Gasteiger partial charge < -0.3 is 10.6 Å². The van der Waals surface area contributed by atoms with E-state index in [1.54, 1.807) is 56.3 Å². The van der Waals surface area contributed by atoms with E-state index in [2.05, 4.69) is 15.4 Å². The lowest BCUT2D eigenvalue weighted by Crippen LogP contribution is -2.47. The maximum Gasteiger partial charge on any atom is 0.251 e. The number of hydrogen-bond acceptors (Lipinski definition) is 4. The second-order valence-corrected chi connectivity index (χ2v) is 9.67. The van der Waals surface area contributed by atoms with Crippen molar-refractivity contribution in [2.75, 3.05) is 15.8 Å². The molecule has 2 aromatic rings. The summed E-state index contributed by atoms with van der Waals surface area (Å²) < 4.78 is 26.0. The van der Waals surface area contributed by atoms with Crippen LogP contribution in [-0.4, -0.2) is 32.0 Å². The van der Waals surface area contributed by atoms with Gasteiger partial charge >= 0.3 is 0 Å². The van der Waals surface area contributed by atoms with Crippen molar-refractivity contribution in [3.05, 3.63) is 58.6 Å². The summed E-state index contributed by atoms with van der Waals surface area (Å²) in [7, 11) is -3.39. The third kappa shape index (κ3) is 6.47. The molecular formula is C21H26ClN3O4S. The zero-order valence-corrected chi connectivity index (χ0v) is 18.9. The van der Waals surface area contributed by atoms with Crippen molar-refractivity contribution in [1.29, 1.82) is 0 Å². The quantitative estimate of drug-likeness (QED) is 0.567. The van der Waals surface area contributed by atoms with E-state index in [9.17, 15) is 18.0 Å². The molecule has 0 bridgehead atoms. The zero-order valence-electron chi connectivity index (χ0n) is 17.3. The fraction of sp³-hybridized carbons (Fsp3) is 0.333. The Morgan fingerprint density at radius 3 is 2.23 bits per heavy atom. The van der Waals surface area contributed by atoms with Crippen LogP contribution in [0.1, 0.15) is 36.7 Å². The Kier molecular flexibility index (Phi) is 7.86. The Bertz CT molecular complexity index is 1020. The van der Waals surface area contributed by atoms with E-state index in [0.29, 0.717) is 27.5 Å². The summed E-state index contributed by atoms with van der Waals surface area (Å²) in [5, 5.41) is 6.05. The van der Waals surface area contributed by atoms with Crippen LogP contribution in [0, 0.1) is 12.8 Å². The molecule has 0 fully saturated rings. The van der Waals surface area contributed by atoms with Gasteiger partial charge in [-0.25, -0.2) is 8.42 Å². The van der Waals surface area contributed by atoms with Crippen LogP contribution in [0.3, 0.4) is 0 Å². The number of anilines is 2. The molecule has 1 unspecified atom stereocenters. The van der Waals surface area contributed by atoms with Crippen molar-refractivity contribution in [3.8, 4) is 0 Å². The fourth-order valence-electron chi connectivity index (χ4n) is 2.68. The van der Waals surface area contributed by atoms with Gasteiger partial charge in [0.1, 0.15) is 6.04 Å². The lowest BCUT2D eigenvalue weighted by Gasteiger charge is -2.22. The second kappa shape index (κ2) is 9.95. The molecule has 0 aliphatic heterocycles. The minimum absolute atomic E-state index is 0.0334. The summed E-state index contributed by atoms with van der Waals surface area (Å²) in [6.45, 7) is 6.96. The van der Waals surface area contributed by atoms with E-state index in [1.165, 1.54) is 0 Å². The third-order valence-electron chi connectivity index (χ3n) is 4.48. The van der Waals surface area contributed by atoms with Gasteiger partial charge in [-0.3, -0.25) is 14.3 Å². The molecule has 0 saturated heterocycles. The number of aryl methyl sites for hydroxylation is 1. The first kappa shape index (κ1) is 23.7. The van der Waals surface area contributed by atoms with Crippen molar-refractivity contribution in [2.24, 2.45) is 5.92 Å². The molecule has 0 radical (unpaired) electrons. The van der Waals surface area contributed by atoms with Gasteiger partial charge in [-0.1, -0.05) is 25.4 Å². The molecule has 1 atom stereocenters. The van der Waals surface area contributed by atoms with Gasteiger partial charge in [0.2, 0.25) is 15.9 Å². The van der Waals surface area contributed by atoms with Gasteiger partial charge in [-0.15, -0.1) is 0 Å². The first-order valence-corrected chi connectivity index (χ1v) is 11.5. The molecule has 162 valence electrons. The summed E-state index contributed by atoms with van der Waals surface area (Å²) in [4.78, 5) is 25.3. The molecule has 7 nitrogen and oxygen atoms in total. The van der Waals surface area contributed by atoms with Crippen LogP contribution in [0.5, 0.6) is 0 Å². The molecule has 2 rings (SSSR count). The highest BCUT2D eigenvalue weighted by molar-refractivity contribution is 7.92. The molecular weight excluding hydrogens is 426 g/mol. The second-order valence-electron chi connectivity index (χ2n) is 7.23. The number of amides is 2. The Balaban J connectivity index is 2.12. The highest BCUT2D eigenvalue weighted by atomic mass is 35.5. The molecule has 0 spiro atoms. The Hall–Kier alpha value is -2.58. The molecule has 30 heavy (non-hydrogen) atoms. The van der Waals surface area contributed by atoms with Crippen LogP contribution >= 0.6 is 11.6 Å². The molecule has 3 N–H and O–H groups in total. The SMILES string of the molecule is CCS(=O)(=O)Nc1ccc(NC(=O)C(NC(=O)c2ccc(Cl)cc2)C(C)C)cc1C. The van der Waals surface area contributed by atoms with Crippen molar-refractivity contribution in [1.82, 2.24) is 5.32 Å². The zero-order chi connectivity index (χ0) is 22.5. The van der Waals surface area contributed by atoms with Crippen LogP contribution in [0.4, 0.5) is 11.4 Å². The van der Waals surface area contributed by atoms with Crippen molar-refractivity contribution < 1.29 is 18.0 Å². The topological polar surface area (TPSA) is 104 Å². The molecule has 9 heteroatoms. The average molecular weight is 452 g/mol. The Morgan fingerprint density at radius 2 is 1.70 bits per heavy atom. The van der Waals surface area contributed by atoms with Gasteiger partial charge in [0.25, 0.3) is 5.91 Å². The number of nitrogens with one attached hydrogen (secondary N) is 3. The van der Waals surface area contributed by atoms with Gasteiger partial charge in [-0.05, 0) is 67.8 Å². The highest BCUT2D eigenvalue weighted by Gasteiger charge is 2.25. The number of halogens is 1. The first-order valence-electron chi connectivity index (χ1n) is 9.51. The number of rotatable bonds is 8. The van der Waals surface area contributed by atoms with Gasteiger partial charge in [0, 0.05) is 16.3 Å². The summed E-state index contributed by atoms with van der Waals surface area (Å²) >= 11 is 5.85. The third-order valence-corrected chi connectivity index (χ3v) is 6.02. The first-order chi connectivity index (χ1) is 14.0. The monoisotopic (exact) mass is 451 g/mol. The van der Waals surface area contributed by atoms with Crippen molar-refractivity contribution >= 4 is 44.8 Å². The molecule has 0 aliphatic carbocycles. The molecule has 0 aliphatic rings. The number of carbonyl (C=O) groups excluding carboxylic acids is 2. The van der Waals surface area contributed by atoms with E-state index >= 15 is 0 Å². The minimum atomic E-state index is -3.39. The lowest BCUT2D eigenvalue weighted by atomic mass is 10.0. The normalized spacial score (nSPS) is 12.3. The van der Waals surface area contributed by atoms with Crippen LogP contribution in [0.25, 0.3) is 0 Å². The van der Waals surface area contributed by atoms with E-state index in [-0.39, 0.29) is 23.5 Å². The van der Waals surface area contributed by atoms with Crippen LogP contribution < -0.4 is 15.4 Å². The molecule has 0 heterocycles.